The summed E-state index contributed by atoms with van der Waals surface area (Å²) in [6.45, 7) is 7.41. The highest BCUT2D eigenvalue weighted by molar-refractivity contribution is 7.89. The molecule has 2 N–H and O–H groups in total. The summed E-state index contributed by atoms with van der Waals surface area (Å²) in [5.41, 5.74) is 3.09. The SMILES string of the molecule is Cc1cnccc1-c1cccc(C(C)(C)N(CCCC(=O)NCCCS(=O)(=O)O)S(=O)(=O)c2cccc(Cl)c2C)c1. The number of nitrogens with zero attached hydrogens (tertiary/aromatic N) is 2. The van der Waals surface area contributed by atoms with Crippen molar-refractivity contribution in [2.24, 2.45) is 0 Å². The van der Waals surface area contributed by atoms with Gasteiger partial charge < -0.3 is 5.32 Å². The summed E-state index contributed by atoms with van der Waals surface area (Å²) in [5.74, 6) is -0.797. The minimum absolute atomic E-state index is 0.0265. The van der Waals surface area contributed by atoms with E-state index in [1.807, 2.05) is 51.1 Å². The van der Waals surface area contributed by atoms with Crippen LogP contribution in [0, 0.1) is 13.8 Å². The number of halogens is 1. The Kier molecular flexibility index (Phi) is 10.7. The molecule has 12 heteroatoms. The van der Waals surface area contributed by atoms with Crippen LogP contribution in [0.2, 0.25) is 5.02 Å². The quantitative estimate of drug-likeness (QED) is 0.200. The maximum Gasteiger partial charge on any atom is 0.264 e. The van der Waals surface area contributed by atoms with Crippen LogP contribution in [0.1, 0.15) is 49.8 Å². The second kappa shape index (κ2) is 13.4. The van der Waals surface area contributed by atoms with Crippen molar-refractivity contribution in [1.82, 2.24) is 14.6 Å². The first-order chi connectivity index (χ1) is 19.1. The molecule has 0 unspecified atom stereocenters. The molecule has 1 amide bonds. The van der Waals surface area contributed by atoms with E-state index in [9.17, 15) is 21.6 Å². The summed E-state index contributed by atoms with van der Waals surface area (Å²) in [4.78, 5) is 16.7. The van der Waals surface area contributed by atoms with Gasteiger partial charge in [0.1, 0.15) is 0 Å². The Labute approximate surface area is 247 Å². The Bertz CT molecular complexity index is 1610. The molecule has 3 aromatic rings. The van der Waals surface area contributed by atoms with Crippen molar-refractivity contribution in [2.75, 3.05) is 18.8 Å². The van der Waals surface area contributed by atoms with Gasteiger partial charge in [0.25, 0.3) is 10.1 Å². The lowest BCUT2D eigenvalue weighted by molar-refractivity contribution is -0.121. The van der Waals surface area contributed by atoms with Gasteiger partial charge in [-0.1, -0.05) is 35.9 Å². The van der Waals surface area contributed by atoms with E-state index in [-0.39, 0.29) is 43.2 Å². The second-order valence-corrected chi connectivity index (χ2v) is 14.2. The second-order valence-electron chi connectivity index (χ2n) is 10.4. The number of aromatic nitrogens is 1. The number of hydrogen-bond donors (Lipinski definition) is 2. The molecule has 0 atom stereocenters. The number of benzene rings is 2. The summed E-state index contributed by atoms with van der Waals surface area (Å²) in [7, 11) is -8.17. The zero-order valence-electron chi connectivity index (χ0n) is 23.6. The molecule has 1 aromatic heterocycles. The average molecular weight is 622 g/mol. The molecule has 0 aliphatic heterocycles. The summed E-state index contributed by atoms with van der Waals surface area (Å²) in [5, 5.41) is 2.95. The van der Waals surface area contributed by atoms with Gasteiger partial charge in [0.15, 0.2) is 0 Å². The molecule has 0 spiro atoms. The zero-order chi connectivity index (χ0) is 30.4. The van der Waals surface area contributed by atoms with Gasteiger partial charge >= 0.3 is 0 Å². The maximum absolute atomic E-state index is 14.2. The fourth-order valence-corrected chi connectivity index (χ4v) is 7.45. The number of carbonyl (C=O) groups is 1. The molecule has 2 aromatic carbocycles. The molecular weight excluding hydrogens is 586 g/mol. The Morgan fingerprint density at radius 3 is 2.44 bits per heavy atom. The molecule has 0 fully saturated rings. The number of amides is 1. The predicted molar refractivity (Wildman–Crippen MR) is 161 cm³/mol. The van der Waals surface area contributed by atoms with Crippen LogP contribution < -0.4 is 5.32 Å². The van der Waals surface area contributed by atoms with E-state index >= 15 is 0 Å². The zero-order valence-corrected chi connectivity index (χ0v) is 26.0. The Balaban J connectivity index is 1.92. The third-order valence-electron chi connectivity index (χ3n) is 6.98. The van der Waals surface area contributed by atoms with E-state index in [0.29, 0.717) is 10.6 Å². The Morgan fingerprint density at radius 1 is 1.05 bits per heavy atom. The van der Waals surface area contributed by atoms with Crippen LogP contribution in [0.3, 0.4) is 0 Å². The maximum atomic E-state index is 14.2. The molecule has 222 valence electrons. The molecule has 9 nitrogen and oxygen atoms in total. The van der Waals surface area contributed by atoms with Gasteiger partial charge in [-0.2, -0.15) is 12.7 Å². The molecule has 41 heavy (non-hydrogen) atoms. The molecule has 3 rings (SSSR count). The Morgan fingerprint density at radius 2 is 1.76 bits per heavy atom. The van der Waals surface area contributed by atoms with Crippen molar-refractivity contribution in [3.8, 4) is 11.1 Å². The minimum atomic E-state index is -4.10. The van der Waals surface area contributed by atoms with Crippen LogP contribution in [-0.2, 0) is 30.5 Å². The number of nitrogens with one attached hydrogen (secondary N) is 1. The van der Waals surface area contributed by atoms with Crippen LogP contribution >= 0.6 is 11.6 Å². The van der Waals surface area contributed by atoms with Crippen LogP contribution in [0.25, 0.3) is 11.1 Å². The van der Waals surface area contributed by atoms with Crippen LogP contribution in [-0.4, -0.2) is 55.4 Å². The number of pyridine rings is 1. The number of hydrogen-bond acceptors (Lipinski definition) is 6. The summed E-state index contributed by atoms with van der Waals surface area (Å²) in [6, 6.07) is 14.4. The highest BCUT2D eigenvalue weighted by Gasteiger charge is 2.39. The third-order valence-corrected chi connectivity index (χ3v) is 10.4. The van der Waals surface area contributed by atoms with E-state index in [1.54, 1.807) is 31.5 Å². The standard InChI is InChI=1S/C29H36ClN3O6S2/c1-21-20-31-16-14-25(21)23-9-5-10-24(19-23)29(3,4)33(41(38,39)27-12-6-11-26(30)22(27)2)17-7-13-28(34)32-15-8-18-40(35,36)37/h5-6,9-12,14,16,19-20H,7-8,13,15,17-18H2,1-4H3,(H,32,34)(H,35,36,37). The molecular formula is C29H36ClN3O6S2. The predicted octanol–water partition coefficient (Wildman–Crippen LogP) is 5.12. The normalized spacial score (nSPS) is 12.5. The van der Waals surface area contributed by atoms with Crippen molar-refractivity contribution in [3.05, 3.63) is 82.6 Å². The van der Waals surface area contributed by atoms with Gasteiger partial charge in [0.05, 0.1) is 16.2 Å². The van der Waals surface area contributed by atoms with E-state index in [1.165, 1.54) is 10.4 Å². The van der Waals surface area contributed by atoms with Crippen LogP contribution in [0.5, 0.6) is 0 Å². The summed E-state index contributed by atoms with van der Waals surface area (Å²) in [6.07, 6.45) is 3.81. The average Bonchev–Trinajstić information content (AvgIpc) is 2.90. The number of aryl methyl sites for hydroxylation is 1. The molecule has 0 bridgehead atoms. The van der Waals surface area contributed by atoms with Crippen molar-refractivity contribution < 1.29 is 26.2 Å². The lowest BCUT2D eigenvalue weighted by atomic mass is 9.90. The van der Waals surface area contributed by atoms with Crippen LogP contribution in [0.15, 0.2) is 65.8 Å². The van der Waals surface area contributed by atoms with E-state index in [2.05, 4.69) is 10.3 Å². The van der Waals surface area contributed by atoms with Crippen molar-refractivity contribution in [3.63, 3.8) is 0 Å². The first-order valence-corrected chi connectivity index (χ1v) is 16.6. The highest BCUT2D eigenvalue weighted by atomic mass is 35.5. The first-order valence-electron chi connectivity index (χ1n) is 13.2. The van der Waals surface area contributed by atoms with Gasteiger partial charge in [0.2, 0.25) is 15.9 Å². The third kappa shape index (κ3) is 8.36. The monoisotopic (exact) mass is 621 g/mol. The van der Waals surface area contributed by atoms with E-state index in [0.717, 1.165) is 22.3 Å². The summed E-state index contributed by atoms with van der Waals surface area (Å²) < 4.78 is 60.4. The van der Waals surface area contributed by atoms with Gasteiger partial charge in [-0.3, -0.25) is 14.3 Å². The van der Waals surface area contributed by atoms with Crippen LogP contribution in [0.4, 0.5) is 0 Å². The van der Waals surface area contributed by atoms with Crippen molar-refractivity contribution in [2.45, 2.75) is 57.4 Å². The van der Waals surface area contributed by atoms with Gasteiger partial charge in [-0.05, 0) is 92.6 Å². The topological polar surface area (TPSA) is 134 Å². The first kappa shape index (κ1) is 32.7. The molecule has 0 radical (unpaired) electrons. The van der Waals surface area contributed by atoms with Gasteiger partial charge in [-0.15, -0.1) is 0 Å². The smallest absolute Gasteiger partial charge is 0.264 e. The molecule has 0 saturated heterocycles. The Hall–Kier alpha value is -2.83. The van der Waals surface area contributed by atoms with Crippen molar-refractivity contribution in [1.29, 1.82) is 0 Å². The number of rotatable bonds is 13. The molecule has 0 aliphatic rings. The van der Waals surface area contributed by atoms with E-state index in [4.69, 9.17) is 16.2 Å². The molecule has 0 aliphatic carbocycles. The number of carbonyl (C=O) groups excluding carboxylic acids is 1. The lowest BCUT2D eigenvalue weighted by Gasteiger charge is -2.38. The van der Waals surface area contributed by atoms with Gasteiger partial charge in [-0.25, -0.2) is 8.42 Å². The molecule has 1 heterocycles. The minimum Gasteiger partial charge on any atom is -0.356 e. The number of sulfonamides is 1. The molecule has 0 saturated carbocycles. The van der Waals surface area contributed by atoms with Gasteiger partial charge in [0, 0.05) is 36.9 Å². The highest BCUT2D eigenvalue weighted by Crippen LogP contribution is 2.37. The van der Waals surface area contributed by atoms with Crippen molar-refractivity contribution >= 4 is 37.6 Å². The van der Waals surface area contributed by atoms with E-state index < -0.39 is 31.4 Å². The lowest BCUT2D eigenvalue weighted by Crippen LogP contribution is -2.46. The fraction of sp³-hybridized carbons (Fsp3) is 0.379. The largest absolute Gasteiger partial charge is 0.356 e. The fourth-order valence-electron chi connectivity index (χ4n) is 4.65. The summed E-state index contributed by atoms with van der Waals surface area (Å²) >= 11 is 6.30.